The number of nitro groups is 1. The molecule has 0 saturated carbocycles. The van der Waals surface area contributed by atoms with Gasteiger partial charge in [0.2, 0.25) is 0 Å². The summed E-state index contributed by atoms with van der Waals surface area (Å²) in [6.07, 6.45) is 0. The summed E-state index contributed by atoms with van der Waals surface area (Å²) < 4.78 is 5.72. The summed E-state index contributed by atoms with van der Waals surface area (Å²) in [6, 6.07) is 7.04. The fourth-order valence-electron chi connectivity index (χ4n) is 1.71. The van der Waals surface area contributed by atoms with Crippen LogP contribution in [-0.2, 0) is 4.74 Å². The van der Waals surface area contributed by atoms with Gasteiger partial charge in [0.25, 0.3) is 5.69 Å². The number of anilines is 1. The van der Waals surface area contributed by atoms with Crippen LogP contribution in [0.3, 0.4) is 0 Å². The summed E-state index contributed by atoms with van der Waals surface area (Å²) in [6.45, 7) is 0. The molecule has 0 fully saturated rings. The molecule has 2 N–H and O–H groups in total. The smallest absolute Gasteiger partial charge is 0.359 e. The Labute approximate surface area is 118 Å². The second kappa shape index (κ2) is 5.30. The molecule has 0 unspecified atom stereocenters. The largest absolute Gasteiger partial charge is 0.464 e. The lowest BCUT2D eigenvalue weighted by Crippen LogP contribution is -2.12. The fourth-order valence-corrected chi connectivity index (χ4v) is 1.71. The summed E-state index contributed by atoms with van der Waals surface area (Å²) in [4.78, 5) is 21.8. The zero-order valence-corrected chi connectivity index (χ0v) is 10.8. The number of ether oxygens (including phenoxy) is 1. The van der Waals surface area contributed by atoms with Crippen molar-refractivity contribution in [3.8, 4) is 11.8 Å². The number of carbonyl (C=O) groups is 1. The normalized spacial score (nSPS) is 9.90. The van der Waals surface area contributed by atoms with Gasteiger partial charge >= 0.3 is 5.97 Å². The highest BCUT2D eigenvalue weighted by Gasteiger charge is 2.23. The number of hydrogen-bond donors (Lipinski definition) is 1. The average molecular weight is 287 g/mol. The standard InChI is InChI=1S/C12H9N5O4/c1-21-12(18)11-10(14)9(6-13)15-16(11)7-2-4-8(5-3-7)17(19)20/h2-5H,14H2,1H3. The lowest BCUT2D eigenvalue weighted by atomic mass is 10.2. The number of carbonyl (C=O) groups excluding carboxylic acids is 1. The number of methoxy groups -OCH3 is 1. The molecule has 0 bridgehead atoms. The van der Waals surface area contributed by atoms with Gasteiger partial charge in [-0.05, 0) is 12.1 Å². The van der Waals surface area contributed by atoms with Gasteiger partial charge in [-0.3, -0.25) is 10.1 Å². The summed E-state index contributed by atoms with van der Waals surface area (Å²) in [5.74, 6) is -0.764. The van der Waals surface area contributed by atoms with E-state index in [9.17, 15) is 14.9 Å². The molecular weight excluding hydrogens is 278 g/mol. The minimum absolute atomic E-state index is 0.108. The van der Waals surface area contributed by atoms with Crippen molar-refractivity contribution < 1.29 is 14.5 Å². The van der Waals surface area contributed by atoms with Crippen molar-refractivity contribution >= 4 is 17.3 Å². The van der Waals surface area contributed by atoms with Crippen molar-refractivity contribution in [1.82, 2.24) is 9.78 Å². The molecule has 0 amide bonds. The molecule has 1 heterocycles. The van der Waals surface area contributed by atoms with E-state index < -0.39 is 10.9 Å². The van der Waals surface area contributed by atoms with E-state index in [-0.39, 0.29) is 22.8 Å². The highest BCUT2D eigenvalue weighted by atomic mass is 16.6. The zero-order valence-electron chi connectivity index (χ0n) is 10.8. The Hall–Kier alpha value is -3.41. The van der Waals surface area contributed by atoms with Gasteiger partial charge in [-0.25, -0.2) is 9.48 Å². The van der Waals surface area contributed by atoms with E-state index in [1.165, 1.54) is 31.4 Å². The first-order valence-corrected chi connectivity index (χ1v) is 5.61. The summed E-state index contributed by atoms with van der Waals surface area (Å²) >= 11 is 0. The lowest BCUT2D eigenvalue weighted by molar-refractivity contribution is -0.384. The molecule has 21 heavy (non-hydrogen) atoms. The molecule has 9 heteroatoms. The van der Waals surface area contributed by atoms with Crippen molar-refractivity contribution in [2.45, 2.75) is 0 Å². The Morgan fingerprint density at radius 3 is 2.57 bits per heavy atom. The Balaban J connectivity index is 2.60. The van der Waals surface area contributed by atoms with Crippen LogP contribution in [0.15, 0.2) is 24.3 Å². The quantitative estimate of drug-likeness (QED) is 0.505. The van der Waals surface area contributed by atoms with E-state index in [2.05, 4.69) is 9.84 Å². The van der Waals surface area contributed by atoms with Gasteiger partial charge < -0.3 is 10.5 Å². The molecule has 0 radical (unpaired) electrons. The molecule has 0 saturated heterocycles. The van der Waals surface area contributed by atoms with Crippen LogP contribution in [0.25, 0.3) is 5.69 Å². The van der Waals surface area contributed by atoms with Gasteiger partial charge in [-0.2, -0.15) is 10.4 Å². The van der Waals surface area contributed by atoms with Gasteiger partial charge in [0.1, 0.15) is 11.8 Å². The van der Waals surface area contributed by atoms with Crippen LogP contribution >= 0.6 is 0 Å². The number of nitrogens with two attached hydrogens (primary N) is 1. The van der Waals surface area contributed by atoms with E-state index in [0.717, 1.165) is 4.68 Å². The Morgan fingerprint density at radius 1 is 1.48 bits per heavy atom. The number of esters is 1. The van der Waals surface area contributed by atoms with Crippen molar-refractivity contribution in [1.29, 1.82) is 5.26 Å². The molecule has 2 aromatic rings. The Kier molecular flexibility index (Phi) is 3.53. The number of benzene rings is 1. The van der Waals surface area contributed by atoms with Gasteiger partial charge in [0, 0.05) is 12.1 Å². The maximum absolute atomic E-state index is 11.8. The first-order chi connectivity index (χ1) is 9.99. The molecule has 9 nitrogen and oxygen atoms in total. The van der Waals surface area contributed by atoms with E-state index in [1.807, 2.05) is 0 Å². The molecule has 0 spiro atoms. The number of nitro benzene ring substituents is 1. The number of aromatic nitrogens is 2. The molecular formula is C12H9N5O4. The minimum atomic E-state index is -0.764. The molecule has 2 rings (SSSR count). The van der Waals surface area contributed by atoms with Gasteiger partial charge in [-0.15, -0.1) is 0 Å². The number of nitrogen functional groups attached to an aromatic ring is 1. The monoisotopic (exact) mass is 287 g/mol. The third kappa shape index (κ3) is 2.37. The summed E-state index contributed by atoms with van der Waals surface area (Å²) in [5.41, 5.74) is 5.57. The van der Waals surface area contributed by atoms with Gasteiger partial charge in [0.05, 0.1) is 17.7 Å². The molecule has 0 aliphatic rings. The highest BCUT2D eigenvalue weighted by Crippen LogP contribution is 2.23. The third-order valence-electron chi connectivity index (χ3n) is 2.71. The summed E-state index contributed by atoms with van der Waals surface area (Å²) in [5, 5.41) is 23.4. The van der Waals surface area contributed by atoms with E-state index in [0.29, 0.717) is 5.69 Å². The number of nitrogens with zero attached hydrogens (tertiary/aromatic N) is 4. The minimum Gasteiger partial charge on any atom is -0.464 e. The van der Waals surface area contributed by atoms with E-state index in [1.54, 1.807) is 6.07 Å². The Morgan fingerprint density at radius 2 is 2.10 bits per heavy atom. The number of rotatable bonds is 3. The molecule has 1 aromatic carbocycles. The molecule has 0 atom stereocenters. The van der Waals surface area contributed by atoms with Crippen LogP contribution in [0.5, 0.6) is 0 Å². The predicted molar refractivity (Wildman–Crippen MR) is 70.7 cm³/mol. The second-order valence-electron chi connectivity index (χ2n) is 3.90. The van der Waals surface area contributed by atoms with E-state index >= 15 is 0 Å². The van der Waals surface area contributed by atoms with Crippen molar-refractivity contribution in [3.63, 3.8) is 0 Å². The van der Waals surface area contributed by atoms with Gasteiger partial charge in [-0.1, -0.05) is 0 Å². The topological polar surface area (TPSA) is 137 Å². The van der Waals surface area contributed by atoms with Crippen LogP contribution in [-0.4, -0.2) is 27.8 Å². The maximum Gasteiger partial charge on any atom is 0.359 e. The van der Waals surface area contributed by atoms with Crippen LogP contribution in [0.1, 0.15) is 16.2 Å². The van der Waals surface area contributed by atoms with Crippen LogP contribution < -0.4 is 5.73 Å². The number of hydrogen-bond acceptors (Lipinski definition) is 7. The van der Waals surface area contributed by atoms with Crippen LogP contribution in [0, 0.1) is 21.4 Å². The molecule has 0 aliphatic heterocycles. The van der Waals surface area contributed by atoms with Gasteiger partial charge in [0.15, 0.2) is 11.4 Å². The van der Waals surface area contributed by atoms with Crippen LogP contribution in [0.2, 0.25) is 0 Å². The predicted octanol–water partition coefficient (Wildman–Crippen LogP) is 1.02. The van der Waals surface area contributed by atoms with Crippen molar-refractivity contribution in [2.24, 2.45) is 0 Å². The van der Waals surface area contributed by atoms with Crippen LogP contribution in [0.4, 0.5) is 11.4 Å². The number of nitriles is 1. The van der Waals surface area contributed by atoms with E-state index in [4.69, 9.17) is 11.0 Å². The molecule has 0 aliphatic carbocycles. The average Bonchev–Trinajstić information content (AvgIpc) is 2.83. The Bertz CT molecular complexity index is 757. The van der Waals surface area contributed by atoms with Crippen molar-refractivity contribution in [2.75, 3.05) is 12.8 Å². The number of non-ortho nitro benzene ring substituents is 1. The third-order valence-corrected chi connectivity index (χ3v) is 2.71. The fraction of sp³-hybridized carbons (Fsp3) is 0.0833. The molecule has 106 valence electrons. The highest BCUT2D eigenvalue weighted by molar-refractivity contribution is 5.95. The second-order valence-corrected chi connectivity index (χ2v) is 3.90. The first-order valence-electron chi connectivity index (χ1n) is 5.61. The maximum atomic E-state index is 11.8. The summed E-state index contributed by atoms with van der Waals surface area (Å²) in [7, 11) is 1.17. The first kappa shape index (κ1) is 14.0. The van der Waals surface area contributed by atoms with Crippen molar-refractivity contribution in [3.05, 3.63) is 45.8 Å². The lowest BCUT2D eigenvalue weighted by Gasteiger charge is -2.06. The molecule has 1 aromatic heterocycles. The zero-order chi connectivity index (χ0) is 15.6. The SMILES string of the molecule is COC(=O)c1c(N)c(C#N)nn1-c1ccc([N+](=O)[O-])cc1.